The number of anilines is 2. The van der Waals surface area contributed by atoms with E-state index in [0.717, 1.165) is 28.0 Å². The van der Waals surface area contributed by atoms with E-state index in [2.05, 4.69) is 29.4 Å². The van der Waals surface area contributed by atoms with Crippen molar-refractivity contribution in [1.82, 2.24) is 15.1 Å². The second kappa shape index (κ2) is 7.98. The van der Waals surface area contributed by atoms with Gasteiger partial charge in [0.2, 0.25) is 11.0 Å². The maximum Gasteiger partial charge on any atom is 0.233 e. The first-order valence-electron chi connectivity index (χ1n) is 8.23. The minimum atomic E-state index is 0.201. The molecule has 0 aliphatic carbocycles. The van der Waals surface area contributed by atoms with Crippen LogP contribution in [-0.4, -0.2) is 38.8 Å². The summed E-state index contributed by atoms with van der Waals surface area (Å²) in [4.78, 5) is 14.6. The van der Waals surface area contributed by atoms with E-state index in [1.54, 1.807) is 0 Å². The van der Waals surface area contributed by atoms with Gasteiger partial charge in [0.25, 0.3) is 0 Å². The minimum Gasteiger partial charge on any atom is -0.337 e. The van der Waals surface area contributed by atoms with Crippen molar-refractivity contribution in [2.75, 3.05) is 11.1 Å². The molecular weight excluding hydrogens is 340 g/mol. The average Bonchev–Trinajstić information content (AvgIpc) is 3.01. The minimum absolute atomic E-state index is 0.201. The number of thioether (sulfide) groups is 1. The highest BCUT2D eigenvalue weighted by Gasteiger charge is 2.28. The number of benzene rings is 1. The lowest BCUT2D eigenvalue weighted by atomic mass is 9.98. The first kappa shape index (κ1) is 17.2. The van der Waals surface area contributed by atoms with E-state index < -0.39 is 0 Å². The molecule has 0 bridgehead atoms. The van der Waals surface area contributed by atoms with Crippen LogP contribution in [0.3, 0.4) is 0 Å². The second-order valence-electron chi connectivity index (χ2n) is 6.08. The fraction of sp³-hybridized carbons (Fsp3) is 0.471. The van der Waals surface area contributed by atoms with Crippen molar-refractivity contribution in [2.24, 2.45) is 0 Å². The summed E-state index contributed by atoms with van der Waals surface area (Å²) < 4.78 is 0.819. The number of hydrogen-bond acceptors (Lipinski definition) is 6. The molecular formula is C17H22N4OS2. The van der Waals surface area contributed by atoms with Gasteiger partial charge in [0.05, 0.1) is 5.75 Å². The molecule has 1 amide bonds. The molecule has 0 spiro atoms. The Morgan fingerprint density at radius 2 is 1.96 bits per heavy atom. The number of rotatable bonds is 5. The maximum atomic E-state index is 12.5. The highest BCUT2D eigenvalue weighted by molar-refractivity contribution is 8.01. The summed E-state index contributed by atoms with van der Waals surface area (Å²) in [5.74, 6) is 0.627. The Balaban J connectivity index is 1.54. The predicted molar refractivity (Wildman–Crippen MR) is 100.0 cm³/mol. The zero-order valence-electron chi connectivity index (χ0n) is 13.9. The fourth-order valence-electron chi connectivity index (χ4n) is 3.07. The molecule has 1 N–H and O–H groups in total. The van der Waals surface area contributed by atoms with E-state index in [4.69, 9.17) is 0 Å². The zero-order chi connectivity index (χ0) is 16.9. The molecule has 1 fully saturated rings. The van der Waals surface area contributed by atoms with Gasteiger partial charge in [0.1, 0.15) is 0 Å². The number of piperidine rings is 1. The summed E-state index contributed by atoms with van der Waals surface area (Å²) >= 11 is 2.95. The standard InChI is InChI=1S/C17H22N4OS2/c1-12-7-6-8-13(2)21(12)15(22)11-23-17-20-19-16(24-17)18-14-9-4-3-5-10-14/h3-5,9-10,12-13H,6-8,11H2,1-2H3,(H,18,19)/t12-,13+. The first-order valence-corrected chi connectivity index (χ1v) is 10.0. The Morgan fingerprint density at radius 3 is 2.67 bits per heavy atom. The summed E-state index contributed by atoms with van der Waals surface area (Å²) in [5, 5.41) is 12.3. The number of para-hydroxylation sites is 1. The van der Waals surface area contributed by atoms with Gasteiger partial charge in [-0.2, -0.15) is 0 Å². The number of carbonyl (C=O) groups excluding carboxylic acids is 1. The Labute approximate surface area is 150 Å². The third kappa shape index (κ3) is 4.27. The number of nitrogens with zero attached hydrogens (tertiary/aromatic N) is 3. The highest BCUT2D eigenvalue weighted by Crippen LogP contribution is 2.29. The number of carbonyl (C=O) groups is 1. The molecule has 1 aromatic heterocycles. The van der Waals surface area contributed by atoms with Crippen LogP contribution >= 0.6 is 23.1 Å². The Morgan fingerprint density at radius 1 is 1.25 bits per heavy atom. The van der Waals surface area contributed by atoms with Crippen molar-refractivity contribution in [3.05, 3.63) is 30.3 Å². The van der Waals surface area contributed by atoms with Crippen molar-refractivity contribution < 1.29 is 4.79 Å². The quantitative estimate of drug-likeness (QED) is 0.809. The van der Waals surface area contributed by atoms with Crippen LogP contribution in [0.4, 0.5) is 10.8 Å². The molecule has 2 atom stereocenters. The smallest absolute Gasteiger partial charge is 0.233 e. The largest absolute Gasteiger partial charge is 0.337 e. The third-order valence-electron chi connectivity index (χ3n) is 4.23. The van der Waals surface area contributed by atoms with Crippen LogP contribution < -0.4 is 5.32 Å². The maximum absolute atomic E-state index is 12.5. The SMILES string of the molecule is C[C@@H]1CCC[C@H](C)N1C(=O)CSc1nnc(Nc2ccccc2)s1. The van der Waals surface area contributed by atoms with Gasteiger partial charge in [0, 0.05) is 17.8 Å². The normalized spacial score (nSPS) is 20.8. The predicted octanol–water partition coefficient (Wildman–Crippen LogP) is 4.16. The van der Waals surface area contributed by atoms with E-state index >= 15 is 0 Å². The molecule has 1 aromatic carbocycles. The molecule has 5 nitrogen and oxygen atoms in total. The van der Waals surface area contributed by atoms with Crippen LogP contribution in [-0.2, 0) is 4.79 Å². The van der Waals surface area contributed by atoms with Gasteiger partial charge in [0.15, 0.2) is 4.34 Å². The van der Waals surface area contributed by atoms with Crippen LogP contribution in [0.5, 0.6) is 0 Å². The van der Waals surface area contributed by atoms with Gasteiger partial charge in [-0.05, 0) is 45.2 Å². The topological polar surface area (TPSA) is 58.1 Å². The lowest BCUT2D eigenvalue weighted by Gasteiger charge is -2.39. The fourth-order valence-corrected chi connectivity index (χ4v) is 4.72. The van der Waals surface area contributed by atoms with Crippen LogP contribution in [0.15, 0.2) is 34.7 Å². The van der Waals surface area contributed by atoms with Gasteiger partial charge in [-0.1, -0.05) is 41.3 Å². The van der Waals surface area contributed by atoms with E-state index in [9.17, 15) is 4.79 Å². The van der Waals surface area contributed by atoms with Crippen molar-refractivity contribution >= 4 is 39.8 Å². The summed E-state index contributed by atoms with van der Waals surface area (Å²) in [6.45, 7) is 4.29. The van der Waals surface area contributed by atoms with Gasteiger partial charge in [-0.3, -0.25) is 4.79 Å². The highest BCUT2D eigenvalue weighted by atomic mass is 32.2. The molecule has 2 aromatic rings. The van der Waals surface area contributed by atoms with Crippen LogP contribution in [0.2, 0.25) is 0 Å². The molecule has 1 saturated heterocycles. The van der Waals surface area contributed by atoms with Crippen LogP contribution in [0.1, 0.15) is 33.1 Å². The number of aromatic nitrogens is 2. The first-order chi connectivity index (χ1) is 11.6. The zero-order valence-corrected chi connectivity index (χ0v) is 15.6. The molecule has 0 radical (unpaired) electrons. The number of amides is 1. The summed E-state index contributed by atoms with van der Waals surface area (Å²) in [7, 11) is 0. The monoisotopic (exact) mass is 362 g/mol. The van der Waals surface area contributed by atoms with Gasteiger partial charge >= 0.3 is 0 Å². The van der Waals surface area contributed by atoms with Crippen molar-refractivity contribution in [3.63, 3.8) is 0 Å². The molecule has 2 heterocycles. The lowest BCUT2D eigenvalue weighted by molar-refractivity contribution is -0.134. The van der Waals surface area contributed by atoms with Gasteiger partial charge < -0.3 is 10.2 Å². The Bertz CT molecular complexity index is 666. The van der Waals surface area contributed by atoms with E-state index in [1.807, 2.05) is 35.2 Å². The number of likely N-dealkylation sites (tertiary alicyclic amines) is 1. The molecule has 3 rings (SSSR count). The van der Waals surface area contributed by atoms with Crippen LogP contribution in [0, 0.1) is 0 Å². The molecule has 1 aliphatic heterocycles. The second-order valence-corrected chi connectivity index (χ2v) is 8.28. The van der Waals surface area contributed by atoms with Crippen LogP contribution in [0.25, 0.3) is 0 Å². The molecule has 7 heteroatoms. The molecule has 0 saturated carbocycles. The molecule has 128 valence electrons. The molecule has 1 aliphatic rings. The Hall–Kier alpha value is -1.60. The summed E-state index contributed by atoms with van der Waals surface area (Å²) in [6, 6.07) is 10.6. The lowest BCUT2D eigenvalue weighted by Crippen LogP contribution is -2.48. The summed E-state index contributed by atoms with van der Waals surface area (Å²) in [6.07, 6.45) is 3.42. The van der Waals surface area contributed by atoms with Crippen molar-refractivity contribution in [1.29, 1.82) is 0 Å². The van der Waals surface area contributed by atoms with E-state index in [1.165, 1.54) is 29.5 Å². The third-order valence-corrected chi connectivity index (χ3v) is 6.19. The van der Waals surface area contributed by atoms with Crippen molar-refractivity contribution in [3.8, 4) is 0 Å². The van der Waals surface area contributed by atoms with Crippen molar-refractivity contribution in [2.45, 2.75) is 49.5 Å². The average molecular weight is 363 g/mol. The van der Waals surface area contributed by atoms with E-state index in [0.29, 0.717) is 17.8 Å². The van der Waals surface area contributed by atoms with Gasteiger partial charge in [-0.25, -0.2) is 0 Å². The number of nitrogens with one attached hydrogen (secondary N) is 1. The van der Waals surface area contributed by atoms with Gasteiger partial charge in [-0.15, -0.1) is 10.2 Å². The van der Waals surface area contributed by atoms with E-state index in [-0.39, 0.29) is 5.91 Å². The number of hydrogen-bond donors (Lipinski definition) is 1. The Kier molecular flexibility index (Phi) is 5.73. The summed E-state index contributed by atoms with van der Waals surface area (Å²) in [5.41, 5.74) is 0.984. The molecule has 24 heavy (non-hydrogen) atoms. The molecule has 0 unspecified atom stereocenters.